The smallest absolute Gasteiger partial charge is 0.254 e. The molecule has 2 aliphatic heterocycles. The fraction of sp³-hybridized carbons (Fsp3) is 0.375. The second-order valence-corrected chi connectivity index (χ2v) is 11.3. The lowest BCUT2D eigenvalue weighted by Gasteiger charge is -2.36. The van der Waals surface area contributed by atoms with Gasteiger partial charge in [-0.05, 0) is 55.2 Å². The lowest BCUT2D eigenvalue weighted by Crippen LogP contribution is -2.54. The topological polar surface area (TPSA) is 113 Å². The molecule has 0 radical (unpaired) electrons. The van der Waals surface area contributed by atoms with Gasteiger partial charge in [-0.3, -0.25) is 14.0 Å². The van der Waals surface area contributed by atoms with E-state index in [1.807, 2.05) is 17.9 Å². The Hall–Kier alpha value is -4.62. The molecular weight excluding hydrogens is 584 g/mol. The van der Waals surface area contributed by atoms with E-state index in [0.717, 1.165) is 18.5 Å². The highest BCUT2D eigenvalue weighted by Gasteiger charge is 2.34. The molecule has 236 valence electrons. The summed E-state index contributed by atoms with van der Waals surface area (Å²) in [5, 5.41) is 6.54. The number of carbonyl (C=O) groups is 2. The van der Waals surface area contributed by atoms with Gasteiger partial charge in [0.25, 0.3) is 5.91 Å². The van der Waals surface area contributed by atoms with Crippen molar-refractivity contribution in [3.63, 3.8) is 0 Å². The highest BCUT2D eigenvalue weighted by atomic mass is 19.2. The molecular formula is C32H35F2N7O4. The zero-order chi connectivity index (χ0) is 31.7. The van der Waals surface area contributed by atoms with Crippen molar-refractivity contribution in [3.05, 3.63) is 71.7 Å². The lowest BCUT2D eigenvalue weighted by molar-refractivity contribution is -0.134. The number of methoxy groups -OCH3 is 2. The highest BCUT2D eigenvalue weighted by molar-refractivity contribution is 5.96. The summed E-state index contributed by atoms with van der Waals surface area (Å²) >= 11 is 0. The molecule has 0 saturated carbocycles. The van der Waals surface area contributed by atoms with E-state index in [1.165, 1.54) is 31.6 Å². The molecule has 2 fully saturated rings. The SMILES string of the molecule is COC[C@@H]1CN[C@H](C(=O)N2CCN(C(=O)c3ccc(Nc4nccn5c(-c6ccc(OC)c(F)c6F)cnc45)cc3C)CC2)C1. The average molecular weight is 620 g/mol. The van der Waals surface area contributed by atoms with Crippen LogP contribution in [0.3, 0.4) is 0 Å². The van der Waals surface area contributed by atoms with Crippen LogP contribution in [0.2, 0.25) is 0 Å². The van der Waals surface area contributed by atoms with Crippen molar-refractivity contribution in [2.24, 2.45) is 5.92 Å². The fourth-order valence-corrected chi connectivity index (χ4v) is 6.09. The molecule has 2 amide bonds. The van der Waals surface area contributed by atoms with Gasteiger partial charge in [-0.2, -0.15) is 4.39 Å². The molecule has 13 heteroatoms. The van der Waals surface area contributed by atoms with E-state index < -0.39 is 11.6 Å². The third-order valence-corrected chi connectivity index (χ3v) is 8.49. The second kappa shape index (κ2) is 12.8. The van der Waals surface area contributed by atoms with Gasteiger partial charge in [-0.25, -0.2) is 14.4 Å². The summed E-state index contributed by atoms with van der Waals surface area (Å²) in [6.07, 6.45) is 5.37. The van der Waals surface area contributed by atoms with Gasteiger partial charge in [-0.1, -0.05) is 0 Å². The van der Waals surface area contributed by atoms with Crippen LogP contribution in [0.5, 0.6) is 5.75 Å². The number of aromatic nitrogens is 3. The molecule has 2 aromatic heterocycles. The number of benzene rings is 2. The molecule has 2 saturated heterocycles. The summed E-state index contributed by atoms with van der Waals surface area (Å²) in [5.74, 6) is -1.55. The minimum absolute atomic E-state index is 0.0350. The summed E-state index contributed by atoms with van der Waals surface area (Å²) in [6.45, 7) is 5.18. The molecule has 0 aliphatic carbocycles. The Morgan fingerprint density at radius 2 is 1.82 bits per heavy atom. The molecule has 2 N–H and O–H groups in total. The maximum Gasteiger partial charge on any atom is 0.254 e. The number of aryl methyl sites for hydroxylation is 1. The molecule has 2 aromatic carbocycles. The van der Waals surface area contributed by atoms with Gasteiger partial charge in [0.15, 0.2) is 23.0 Å². The normalized spacial score (nSPS) is 18.4. The van der Waals surface area contributed by atoms with Gasteiger partial charge in [-0.15, -0.1) is 0 Å². The summed E-state index contributed by atoms with van der Waals surface area (Å²) in [5.41, 5.74) is 2.83. The maximum atomic E-state index is 14.8. The van der Waals surface area contributed by atoms with Crippen LogP contribution in [0.4, 0.5) is 20.3 Å². The predicted octanol–water partition coefficient (Wildman–Crippen LogP) is 3.64. The number of imidazole rings is 1. The van der Waals surface area contributed by atoms with Crippen LogP contribution in [-0.4, -0.2) is 95.6 Å². The van der Waals surface area contributed by atoms with E-state index >= 15 is 0 Å². The number of nitrogens with zero attached hydrogens (tertiary/aromatic N) is 5. The van der Waals surface area contributed by atoms with Gasteiger partial charge < -0.3 is 29.9 Å². The van der Waals surface area contributed by atoms with Crippen LogP contribution < -0.4 is 15.4 Å². The van der Waals surface area contributed by atoms with Crippen LogP contribution in [-0.2, 0) is 9.53 Å². The predicted molar refractivity (Wildman–Crippen MR) is 164 cm³/mol. The standard InChI is InChI=1S/C32H35F2N7O4/c1-19-14-21(38-29-30-37-17-25(41(30)9-8-35-29)23-6-7-26(45-3)28(34)27(23)33)4-5-22(19)31(42)39-10-12-40(13-11-39)32(43)24-15-20(16-36-24)18-44-2/h4-9,14,17,20,24,36H,10-13,15-16,18H2,1-3H3,(H,35,38)/t20-,24-/m0/s1. The number of fused-ring (bicyclic) bond motifs is 1. The number of piperazine rings is 1. The number of rotatable bonds is 8. The number of carbonyl (C=O) groups excluding carboxylic acids is 2. The zero-order valence-electron chi connectivity index (χ0n) is 25.3. The van der Waals surface area contributed by atoms with E-state index in [9.17, 15) is 18.4 Å². The number of amides is 2. The first-order valence-corrected chi connectivity index (χ1v) is 14.8. The van der Waals surface area contributed by atoms with Gasteiger partial charge in [0.1, 0.15) is 0 Å². The second-order valence-electron chi connectivity index (χ2n) is 11.3. The Bertz CT molecular complexity index is 1740. The monoisotopic (exact) mass is 619 g/mol. The minimum Gasteiger partial charge on any atom is -0.494 e. The van der Waals surface area contributed by atoms with Crippen molar-refractivity contribution in [1.29, 1.82) is 0 Å². The molecule has 2 atom stereocenters. The zero-order valence-corrected chi connectivity index (χ0v) is 25.3. The molecule has 45 heavy (non-hydrogen) atoms. The van der Waals surface area contributed by atoms with E-state index in [-0.39, 0.29) is 29.2 Å². The van der Waals surface area contributed by atoms with Crippen molar-refractivity contribution >= 4 is 29.0 Å². The van der Waals surface area contributed by atoms with E-state index in [0.29, 0.717) is 67.1 Å². The molecule has 11 nitrogen and oxygen atoms in total. The largest absolute Gasteiger partial charge is 0.494 e. The first-order valence-electron chi connectivity index (χ1n) is 14.8. The quantitative estimate of drug-likeness (QED) is 0.308. The van der Waals surface area contributed by atoms with Gasteiger partial charge in [0.05, 0.1) is 31.6 Å². The number of hydrogen-bond acceptors (Lipinski definition) is 8. The highest BCUT2D eigenvalue weighted by Crippen LogP contribution is 2.32. The molecule has 0 unspecified atom stereocenters. The van der Waals surface area contributed by atoms with Crippen molar-refractivity contribution in [1.82, 2.24) is 29.5 Å². The van der Waals surface area contributed by atoms with Gasteiger partial charge in [0.2, 0.25) is 11.7 Å². The number of halogens is 2. The van der Waals surface area contributed by atoms with Crippen molar-refractivity contribution < 1.29 is 27.8 Å². The Morgan fingerprint density at radius 1 is 1.04 bits per heavy atom. The first kappa shape index (κ1) is 30.4. The minimum atomic E-state index is -1.07. The third kappa shape index (κ3) is 5.92. The molecule has 4 aromatic rings. The van der Waals surface area contributed by atoms with Crippen LogP contribution in [0.25, 0.3) is 16.9 Å². The molecule has 0 bridgehead atoms. The fourth-order valence-electron chi connectivity index (χ4n) is 6.09. The lowest BCUT2D eigenvalue weighted by atomic mass is 10.0. The summed E-state index contributed by atoms with van der Waals surface area (Å²) in [4.78, 5) is 38.9. The van der Waals surface area contributed by atoms with Crippen LogP contribution >= 0.6 is 0 Å². The van der Waals surface area contributed by atoms with Crippen molar-refractivity contribution in [3.8, 4) is 17.0 Å². The van der Waals surface area contributed by atoms with Crippen LogP contribution in [0.1, 0.15) is 22.3 Å². The van der Waals surface area contributed by atoms with Gasteiger partial charge in [0, 0.05) is 69.0 Å². The Labute approximate surface area is 259 Å². The Balaban J connectivity index is 1.12. The number of nitrogens with one attached hydrogen (secondary N) is 2. The molecule has 6 rings (SSSR count). The van der Waals surface area contributed by atoms with E-state index in [1.54, 1.807) is 34.7 Å². The molecule has 4 heterocycles. The van der Waals surface area contributed by atoms with Crippen LogP contribution in [0, 0.1) is 24.5 Å². The van der Waals surface area contributed by atoms with Crippen molar-refractivity contribution in [2.75, 3.05) is 58.9 Å². The average Bonchev–Trinajstić information content (AvgIpc) is 3.70. The summed E-state index contributed by atoms with van der Waals surface area (Å²) < 4.78 is 41.0. The Morgan fingerprint density at radius 3 is 2.56 bits per heavy atom. The Kier molecular flexibility index (Phi) is 8.63. The van der Waals surface area contributed by atoms with Crippen LogP contribution in [0.15, 0.2) is 48.9 Å². The summed E-state index contributed by atoms with van der Waals surface area (Å²) in [6, 6.07) is 8.01. The van der Waals surface area contributed by atoms with E-state index in [4.69, 9.17) is 9.47 Å². The maximum absolute atomic E-state index is 14.8. The molecule has 0 spiro atoms. The van der Waals surface area contributed by atoms with Gasteiger partial charge >= 0.3 is 0 Å². The number of hydrogen-bond donors (Lipinski definition) is 2. The third-order valence-electron chi connectivity index (χ3n) is 8.49. The molecule has 2 aliphatic rings. The summed E-state index contributed by atoms with van der Waals surface area (Å²) in [7, 11) is 2.95. The van der Waals surface area contributed by atoms with Crippen molar-refractivity contribution in [2.45, 2.75) is 19.4 Å². The first-order chi connectivity index (χ1) is 21.8. The number of ether oxygens (including phenoxy) is 2. The number of anilines is 2. The van der Waals surface area contributed by atoms with E-state index in [2.05, 4.69) is 20.6 Å².